The first-order valence-corrected chi connectivity index (χ1v) is 21.9. The third-order valence-electron chi connectivity index (χ3n) is 11.4. The minimum absolute atomic E-state index is 0.00145. The molecule has 3 rings (SSSR count). The van der Waals surface area contributed by atoms with Gasteiger partial charge in [0.2, 0.25) is 0 Å². The summed E-state index contributed by atoms with van der Waals surface area (Å²) < 4.78 is 55.5. The normalized spacial score (nSPS) is 38.7. The number of carbonyl (C=O) groups excluding carboxylic acids is 5. The second kappa shape index (κ2) is 24.7. The van der Waals surface area contributed by atoms with Gasteiger partial charge in [-0.3, -0.25) is 19.2 Å². The van der Waals surface area contributed by atoms with E-state index in [-0.39, 0.29) is 38.0 Å². The zero-order chi connectivity index (χ0) is 46.5. The summed E-state index contributed by atoms with van der Waals surface area (Å²) in [5.74, 6) is -3.52. The van der Waals surface area contributed by atoms with Crippen molar-refractivity contribution in [2.75, 3.05) is 21.2 Å². The molecule has 16 atom stereocenters. The van der Waals surface area contributed by atoms with Crippen molar-refractivity contribution in [2.24, 2.45) is 17.8 Å². The highest BCUT2D eigenvalue weighted by atomic mass is 16.7. The van der Waals surface area contributed by atoms with Crippen molar-refractivity contribution in [3.8, 4) is 0 Å². The number of likely N-dealkylation sites (N-methyl/N-ethyl adjacent to an activating group) is 1. The maximum atomic E-state index is 13.4. The molecule has 2 N–H and O–H groups in total. The molecular weight excluding hydrogens is 810 g/mol. The highest BCUT2D eigenvalue weighted by Crippen LogP contribution is 2.38. The van der Waals surface area contributed by atoms with Crippen LogP contribution in [0.15, 0.2) is 24.3 Å². The zero-order valence-electron chi connectivity index (χ0n) is 38.6. The van der Waals surface area contributed by atoms with Gasteiger partial charge in [0.05, 0.1) is 36.9 Å². The van der Waals surface area contributed by atoms with Gasteiger partial charge in [0.15, 0.2) is 24.8 Å². The maximum absolute atomic E-state index is 13.4. The van der Waals surface area contributed by atoms with E-state index in [1.54, 1.807) is 77.9 Å². The van der Waals surface area contributed by atoms with Gasteiger partial charge in [0.1, 0.15) is 36.3 Å². The summed E-state index contributed by atoms with van der Waals surface area (Å²) in [6.45, 7) is 15.1. The number of aldehydes is 1. The first-order chi connectivity index (χ1) is 29.1. The van der Waals surface area contributed by atoms with Gasteiger partial charge < -0.3 is 62.5 Å². The lowest BCUT2D eigenvalue weighted by atomic mass is 9.82. The Morgan fingerprint density at radius 1 is 0.968 bits per heavy atom. The summed E-state index contributed by atoms with van der Waals surface area (Å²) in [5.41, 5.74) is -1.53. The molecule has 0 spiro atoms. The maximum Gasteiger partial charge on any atom is 0.309 e. The molecule has 0 unspecified atom stereocenters. The fourth-order valence-electron chi connectivity index (χ4n) is 8.41. The molecule has 3 aliphatic rings. The van der Waals surface area contributed by atoms with Crippen molar-refractivity contribution in [3.05, 3.63) is 24.3 Å². The highest BCUT2D eigenvalue weighted by Gasteiger charge is 2.54. The standard InChI is InChI=1S/C45H73NO16/c1-13-34(50)59-42-38(46(10)11)39(61-37-24-45(9,53)43(29(7)56-37)60-35(51)21-25(2)3)28(6)57-44(42)62-40-31(19-20-47)22-26(4)32(49)18-16-14-15-17-27(5)55-36(52)23-33(41(40)54-12)58-30(8)48/h14-16,18,20,25-29,31-33,37-44,49,53H,13,17,19,21-24H2,1-12H3/b15-14+,18-16-/t26-,27-,28-,29+,31+,32+,33-,37+,38+,39-,40+,41+,42-,43+,44+,45-/m1/s1. The van der Waals surface area contributed by atoms with Crippen LogP contribution in [0.2, 0.25) is 0 Å². The molecule has 2 fully saturated rings. The lowest BCUT2D eigenvalue weighted by Gasteiger charge is -2.51. The molecule has 0 amide bonds. The van der Waals surface area contributed by atoms with Crippen LogP contribution in [0, 0.1) is 17.8 Å². The number of hydrogen-bond donors (Lipinski definition) is 2. The Hall–Kier alpha value is -3.29. The molecule has 0 saturated carbocycles. The lowest BCUT2D eigenvalue weighted by Crippen LogP contribution is -2.66. The molecule has 3 heterocycles. The summed E-state index contributed by atoms with van der Waals surface area (Å²) in [6.07, 6.45) is -4.36. The van der Waals surface area contributed by atoms with E-state index in [0.29, 0.717) is 12.7 Å². The van der Waals surface area contributed by atoms with Gasteiger partial charge in [-0.15, -0.1) is 0 Å². The van der Waals surface area contributed by atoms with Crippen molar-refractivity contribution >= 4 is 30.2 Å². The third kappa shape index (κ3) is 15.5. The van der Waals surface area contributed by atoms with Crippen LogP contribution < -0.4 is 0 Å². The second-order valence-electron chi connectivity index (χ2n) is 17.8. The average molecular weight is 884 g/mol. The molecule has 17 heteroatoms. The molecule has 62 heavy (non-hydrogen) atoms. The topological polar surface area (TPSA) is 212 Å². The number of esters is 4. The summed E-state index contributed by atoms with van der Waals surface area (Å²) in [4.78, 5) is 66.1. The Morgan fingerprint density at radius 2 is 1.66 bits per heavy atom. The number of hydrogen-bond acceptors (Lipinski definition) is 17. The minimum atomic E-state index is -1.53. The summed E-state index contributed by atoms with van der Waals surface area (Å²) in [7, 11) is 4.89. The molecule has 0 aromatic rings. The number of aliphatic hydroxyl groups is 2. The van der Waals surface area contributed by atoms with Gasteiger partial charge in [-0.05, 0) is 66.0 Å². The SMILES string of the molecule is CCC(=O)O[C@H]1[C@H](O[C@H]2[C@@H](CC=O)C[C@@H](C)[C@@H](O)/C=C\C=C\C[C@@H](C)OC(=O)C[C@@H](OC(C)=O)[C@@H]2OC)O[C@H](C)[C@@H](O[C@H]2C[C@@](C)(O)[C@@H](OC(=O)CC(C)C)[C@H](C)O2)[C@@H]1N(C)C. The molecule has 0 bridgehead atoms. The number of ether oxygens (including phenoxy) is 9. The molecule has 2 saturated heterocycles. The Balaban J connectivity index is 2.10. The highest BCUT2D eigenvalue weighted by molar-refractivity contribution is 5.72. The van der Waals surface area contributed by atoms with Gasteiger partial charge in [-0.1, -0.05) is 52.0 Å². The molecule has 0 aromatic heterocycles. The molecule has 3 aliphatic heterocycles. The predicted molar refractivity (Wildman–Crippen MR) is 224 cm³/mol. The van der Waals surface area contributed by atoms with E-state index >= 15 is 0 Å². The monoisotopic (exact) mass is 883 g/mol. The molecule has 354 valence electrons. The van der Waals surface area contributed by atoms with Crippen molar-refractivity contribution in [1.29, 1.82) is 0 Å². The number of methoxy groups -OCH3 is 1. The summed E-state index contributed by atoms with van der Waals surface area (Å²) >= 11 is 0. The van der Waals surface area contributed by atoms with Crippen molar-refractivity contribution in [1.82, 2.24) is 4.90 Å². The summed E-state index contributed by atoms with van der Waals surface area (Å²) in [6, 6.07) is -0.777. The van der Waals surface area contributed by atoms with Crippen molar-refractivity contribution < 1.29 is 76.8 Å². The van der Waals surface area contributed by atoms with Crippen LogP contribution in [0.5, 0.6) is 0 Å². The van der Waals surface area contributed by atoms with Crippen LogP contribution in [0.3, 0.4) is 0 Å². The van der Waals surface area contributed by atoms with E-state index in [4.69, 9.17) is 42.6 Å². The molecule has 0 radical (unpaired) electrons. The largest absolute Gasteiger partial charge is 0.462 e. The molecule has 0 aromatic carbocycles. The van der Waals surface area contributed by atoms with Gasteiger partial charge >= 0.3 is 23.9 Å². The minimum Gasteiger partial charge on any atom is -0.462 e. The van der Waals surface area contributed by atoms with Gasteiger partial charge in [-0.2, -0.15) is 0 Å². The van der Waals surface area contributed by atoms with Gasteiger partial charge in [0, 0.05) is 46.1 Å². The van der Waals surface area contributed by atoms with Crippen molar-refractivity contribution in [2.45, 2.75) is 193 Å². The molecule has 17 nitrogen and oxygen atoms in total. The first-order valence-electron chi connectivity index (χ1n) is 21.9. The number of nitrogens with zero attached hydrogens (tertiary/aromatic N) is 1. The lowest BCUT2D eigenvalue weighted by molar-refractivity contribution is -0.345. The van der Waals surface area contributed by atoms with Crippen molar-refractivity contribution in [3.63, 3.8) is 0 Å². The van der Waals surface area contributed by atoms with Crippen LogP contribution in [0.1, 0.15) is 107 Å². The van der Waals surface area contributed by atoms with Gasteiger partial charge in [0.25, 0.3) is 0 Å². The molecule has 0 aliphatic carbocycles. The smallest absolute Gasteiger partial charge is 0.309 e. The Labute approximate surface area is 367 Å². The van der Waals surface area contributed by atoms with E-state index in [9.17, 15) is 34.2 Å². The quantitative estimate of drug-likeness (QED) is 0.144. The van der Waals surface area contributed by atoms with E-state index in [2.05, 4.69) is 0 Å². The first kappa shape index (κ1) is 53.1. The Kier molecular flexibility index (Phi) is 21.1. The van der Waals surface area contributed by atoms with Crippen LogP contribution in [0.4, 0.5) is 0 Å². The van der Waals surface area contributed by atoms with E-state index in [1.807, 2.05) is 20.8 Å². The third-order valence-corrected chi connectivity index (χ3v) is 11.4. The number of allylic oxidation sites excluding steroid dienone is 2. The number of carbonyl (C=O) groups is 5. The number of rotatable bonds is 14. The zero-order valence-corrected chi connectivity index (χ0v) is 38.6. The Morgan fingerprint density at radius 3 is 2.24 bits per heavy atom. The van der Waals surface area contributed by atoms with Crippen LogP contribution in [-0.2, 0) is 66.6 Å². The number of aliphatic hydroxyl groups excluding tert-OH is 1. The fourth-order valence-corrected chi connectivity index (χ4v) is 8.41. The number of cyclic esters (lactones) is 1. The second-order valence-corrected chi connectivity index (χ2v) is 17.8. The average Bonchev–Trinajstić information content (AvgIpc) is 3.15. The molecular formula is C45H73NO16. The van der Waals surface area contributed by atoms with Crippen LogP contribution >= 0.6 is 0 Å². The van der Waals surface area contributed by atoms with E-state index in [1.165, 1.54) is 14.0 Å². The predicted octanol–water partition coefficient (Wildman–Crippen LogP) is 3.97. The van der Waals surface area contributed by atoms with E-state index in [0.717, 1.165) is 0 Å². The fraction of sp³-hybridized carbons (Fsp3) is 0.800. The summed E-state index contributed by atoms with van der Waals surface area (Å²) in [5, 5.41) is 22.8. The Bertz CT molecular complexity index is 1520. The van der Waals surface area contributed by atoms with Crippen LogP contribution in [0.25, 0.3) is 0 Å². The van der Waals surface area contributed by atoms with Gasteiger partial charge in [-0.25, -0.2) is 0 Å². The van der Waals surface area contributed by atoms with E-state index < -0.39 is 127 Å². The van der Waals surface area contributed by atoms with Crippen LogP contribution in [-0.4, -0.2) is 152 Å².